The molecule has 0 radical (unpaired) electrons. The van der Waals surface area contributed by atoms with Gasteiger partial charge in [0.05, 0.1) is 0 Å². The van der Waals surface area contributed by atoms with E-state index in [4.69, 9.17) is 0 Å². The lowest BCUT2D eigenvalue weighted by atomic mass is 9.76. The van der Waals surface area contributed by atoms with E-state index in [1.165, 1.54) is 21.9 Å². The smallest absolute Gasteiger partial charge is 0.160 e. The number of Topliss-reactive ketones (excluding diaryl/α,β-unsaturated/α-hetero) is 1. The molecule has 2 aromatic rings. The van der Waals surface area contributed by atoms with Gasteiger partial charge >= 0.3 is 0 Å². The van der Waals surface area contributed by atoms with Gasteiger partial charge in [-0.2, -0.15) is 0 Å². The molecule has 0 aliphatic rings. The molecule has 1 nitrogen and oxygen atoms in total. The third-order valence-corrected chi connectivity index (χ3v) is 4.00. The van der Waals surface area contributed by atoms with Crippen molar-refractivity contribution in [3.8, 4) is 0 Å². The van der Waals surface area contributed by atoms with Crippen molar-refractivity contribution in [1.29, 1.82) is 0 Å². The van der Waals surface area contributed by atoms with E-state index >= 15 is 0 Å². The molecule has 0 spiro atoms. The number of ketones is 1. The molecular formula is C20H26O. The summed E-state index contributed by atoms with van der Waals surface area (Å²) in [6, 6.07) is 10.6. The van der Waals surface area contributed by atoms with Crippen LogP contribution in [0.2, 0.25) is 0 Å². The van der Waals surface area contributed by atoms with Crippen molar-refractivity contribution in [2.45, 2.75) is 59.3 Å². The standard InChI is InChI=1S/C20H26O/c1-13(21)14-11-12-15-16(18(14)20(5,6)7)9-8-10-17(15)19(2,3)4/h8-12H,1-7H3. The van der Waals surface area contributed by atoms with Gasteiger partial charge in [0, 0.05) is 5.56 Å². The molecule has 21 heavy (non-hydrogen) atoms. The van der Waals surface area contributed by atoms with Gasteiger partial charge in [0.15, 0.2) is 5.78 Å². The van der Waals surface area contributed by atoms with E-state index in [9.17, 15) is 4.79 Å². The highest BCUT2D eigenvalue weighted by Crippen LogP contribution is 2.37. The summed E-state index contributed by atoms with van der Waals surface area (Å²) < 4.78 is 0. The fourth-order valence-corrected chi connectivity index (χ4v) is 3.11. The second kappa shape index (κ2) is 4.98. The van der Waals surface area contributed by atoms with Crippen LogP contribution in [0.3, 0.4) is 0 Å². The van der Waals surface area contributed by atoms with Gasteiger partial charge in [-0.05, 0) is 39.7 Å². The first-order chi connectivity index (χ1) is 9.53. The van der Waals surface area contributed by atoms with Crippen molar-refractivity contribution >= 4 is 16.6 Å². The van der Waals surface area contributed by atoms with Crippen LogP contribution in [-0.4, -0.2) is 5.78 Å². The van der Waals surface area contributed by atoms with Crippen molar-refractivity contribution in [2.24, 2.45) is 0 Å². The maximum atomic E-state index is 12.0. The molecule has 0 heterocycles. The first-order valence-electron chi connectivity index (χ1n) is 7.61. The number of hydrogen-bond acceptors (Lipinski definition) is 1. The number of carbonyl (C=O) groups excluding carboxylic acids is 1. The van der Waals surface area contributed by atoms with E-state index in [1.807, 2.05) is 6.07 Å². The van der Waals surface area contributed by atoms with Crippen LogP contribution in [0.5, 0.6) is 0 Å². The van der Waals surface area contributed by atoms with Crippen LogP contribution in [-0.2, 0) is 10.8 Å². The Morgan fingerprint density at radius 3 is 1.90 bits per heavy atom. The molecule has 0 fully saturated rings. The summed E-state index contributed by atoms with van der Waals surface area (Å²) in [6.45, 7) is 14.9. The minimum atomic E-state index is -0.0585. The lowest BCUT2D eigenvalue weighted by Crippen LogP contribution is -2.18. The van der Waals surface area contributed by atoms with Crippen LogP contribution >= 0.6 is 0 Å². The summed E-state index contributed by atoms with van der Waals surface area (Å²) in [5.74, 6) is 0.142. The Bertz CT molecular complexity index is 694. The minimum Gasteiger partial charge on any atom is -0.295 e. The molecule has 0 unspecified atom stereocenters. The van der Waals surface area contributed by atoms with Crippen molar-refractivity contribution in [2.75, 3.05) is 0 Å². The lowest BCUT2D eigenvalue weighted by molar-refractivity contribution is 0.101. The molecule has 0 amide bonds. The SMILES string of the molecule is CC(=O)c1ccc2c(C(C)(C)C)cccc2c1C(C)(C)C. The van der Waals surface area contributed by atoms with Gasteiger partial charge in [0.25, 0.3) is 0 Å². The number of carbonyl (C=O) groups is 1. The normalized spacial score (nSPS) is 12.7. The minimum absolute atomic E-state index is 0.0585. The predicted octanol–water partition coefficient (Wildman–Crippen LogP) is 5.64. The second-order valence-electron chi connectivity index (χ2n) is 7.95. The largest absolute Gasteiger partial charge is 0.295 e. The van der Waals surface area contributed by atoms with Crippen molar-refractivity contribution in [1.82, 2.24) is 0 Å². The van der Waals surface area contributed by atoms with Gasteiger partial charge in [-0.1, -0.05) is 71.9 Å². The average Bonchev–Trinajstić information content (AvgIpc) is 2.33. The van der Waals surface area contributed by atoms with Gasteiger partial charge < -0.3 is 0 Å². The summed E-state index contributed by atoms with van der Waals surface area (Å²) in [7, 11) is 0. The van der Waals surface area contributed by atoms with Crippen molar-refractivity contribution in [3.05, 3.63) is 47.0 Å². The maximum Gasteiger partial charge on any atom is 0.160 e. The van der Waals surface area contributed by atoms with Crippen LogP contribution in [0.4, 0.5) is 0 Å². The first kappa shape index (κ1) is 15.8. The summed E-state index contributed by atoms with van der Waals surface area (Å²) in [5, 5.41) is 2.47. The predicted molar refractivity (Wildman–Crippen MR) is 91.4 cm³/mol. The van der Waals surface area contributed by atoms with Crippen LogP contribution in [0.15, 0.2) is 30.3 Å². The van der Waals surface area contributed by atoms with Crippen molar-refractivity contribution < 1.29 is 4.79 Å². The van der Waals surface area contributed by atoms with E-state index in [2.05, 4.69) is 65.8 Å². The van der Waals surface area contributed by atoms with Crippen LogP contribution < -0.4 is 0 Å². The monoisotopic (exact) mass is 282 g/mol. The van der Waals surface area contributed by atoms with E-state index in [0.29, 0.717) is 0 Å². The molecule has 0 aromatic heterocycles. The van der Waals surface area contributed by atoms with E-state index < -0.39 is 0 Å². The van der Waals surface area contributed by atoms with Gasteiger partial charge in [0.1, 0.15) is 0 Å². The van der Waals surface area contributed by atoms with E-state index in [-0.39, 0.29) is 16.6 Å². The summed E-state index contributed by atoms with van der Waals surface area (Å²) in [6.07, 6.45) is 0. The molecule has 1 heteroatoms. The summed E-state index contributed by atoms with van der Waals surface area (Å²) in [4.78, 5) is 12.0. The topological polar surface area (TPSA) is 17.1 Å². The third-order valence-electron chi connectivity index (χ3n) is 4.00. The summed E-state index contributed by atoms with van der Waals surface area (Å²) >= 11 is 0. The molecule has 112 valence electrons. The Morgan fingerprint density at radius 1 is 0.810 bits per heavy atom. The van der Waals surface area contributed by atoms with E-state index in [1.54, 1.807) is 6.92 Å². The number of hydrogen-bond donors (Lipinski definition) is 0. The highest BCUT2D eigenvalue weighted by atomic mass is 16.1. The highest BCUT2D eigenvalue weighted by Gasteiger charge is 2.25. The molecule has 0 saturated carbocycles. The van der Waals surface area contributed by atoms with Crippen LogP contribution in [0, 0.1) is 0 Å². The highest BCUT2D eigenvalue weighted by molar-refractivity contribution is 6.03. The van der Waals surface area contributed by atoms with Crippen molar-refractivity contribution in [3.63, 3.8) is 0 Å². The molecule has 0 aliphatic heterocycles. The molecule has 0 N–H and O–H groups in total. The molecule has 0 atom stereocenters. The third kappa shape index (κ3) is 2.88. The number of rotatable bonds is 1. The zero-order valence-electron chi connectivity index (χ0n) is 14.3. The molecule has 0 aliphatic carbocycles. The quantitative estimate of drug-likeness (QED) is 0.619. The Kier molecular flexibility index (Phi) is 3.73. The van der Waals surface area contributed by atoms with Gasteiger partial charge in [-0.15, -0.1) is 0 Å². The fraction of sp³-hybridized carbons (Fsp3) is 0.450. The Labute approximate surface area is 128 Å². The van der Waals surface area contributed by atoms with Gasteiger partial charge in [-0.3, -0.25) is 4.79 Å². The second-order valence-corrected chi connectivity index (χ2v) is 7.95. The number of benzene rings is 2. The molecule has 0 bridgehead atoms. The number of fused-ring (bicyclic) bond motifs is 1. The molecule has 2 aromatic carbocycles. The van der Waals surface area contributed by atoms with E-state index in [0.717, 1.165) is 5.56 Å². The molecule has 2 rings (SSSR count). The Morgan fingerprint density at radius 2 is 1.43 bits per heavy atom. The fourth-order valence-electron chi connectivity index (χ4n) is 3.11. The average molecular weight is 282 g/mol. The molecular weight excluding hydrogens is 256 g/mol. The van der Waals surface area contributed by atoms with Gasteiger partial charge in [-0.25, -0.2) is 0 Å². The van der Waals surface area contributed by atoms with Crippen LogP contribution in [0.1, 0.15) is 70.0 Å². The zero-order chi connectivity index (χ0) is 16.0. The van der Waals surface area contributed by atoms with Gasteiger partial charge in [0.2, 0.25) is 0 Å². The van der Waals surface area contributed by atoms with Crippen LogP contribution in [0.25, 0.3) is 10.8 Å². The maximum absolute atomic E-state index is 12.0. The first-order valence-corrected chi connectivity index (χ1v) is 7.61. The lowest BCUT2D eigenvalue weighted by Gasteiger charge is -2.27. The molecule has 0 saturated heterocycles. The zero-order valence-corrected chi connectivity index (χ0v) is 14.3. The Hall–Kier alpha value is -1.63. The summed E-state index contributed by atoms with van der Waals surface area (Å²) in [5.41, 5.74) is 3.38. The Balaban J connectivity index is 2.96.